The molecule has 0 bridgehead atoms. The van der Waals surface area contributed by atoms with Crippen LogP contribution < -0.4 is 4.90 Å². The molecule has 0 spiro atoms. The van der Waals surface area contributed by atoms with Crippen LogP contribution in [-0.4, -0.2) is 44.7 Å². The van der Waals surface area contributed by atoms with Gasteiger partial charge in [0.25, 0.3) is 5.69 Å². The molecule has 0 aromatic heterocycles. The Balaban J connectivity index is 3.08. The Morgan fingerprint density at radius 3 is 2.50 bits per heavy atom. The molecule has 1 aromatic carbocycles. The van der Waals surface area contributed by atoms with E-state index in [-0.39, 0.29) is 23.5 Å². The fraction of sp³-hybridized carbons (Fsp3) is 0.417. The molecule has 7 nitrogen and oxygen atoms in total. The van der Waals surface area contributed by atoms with E-state index in [0.29, 0.717) is 18.5 Å². The van der Waals surface area contributed by atoms with Gasteiger partial charge in [-0.2, -0.15) is 0 Å². The van der Waals surface area contributed by atoms with Gasteiger partial charge in [0.2, 0.25) is 0 Å². The zero-order chi connectivity index (χ0) is 15.3. The van der Waals surface area contributed by atoms with E-state index in [4.69, 9.17) is 0 Å². The molecule has 0 heterocycles. The van der Waals surface area contributed by atoms with E-state index in [9.17, 15) is 23.3 Å². The highest BCUT2D eigenvalue weighted by atomic mass is 32.2. The van der Waals surface area contributed by atoms with Crippen LogP contribution in [0.15, 0.2) is 18.2 Å². The zero-order valence-electron chi connectivity index (χ0n) is 11.3. The molecule has 0 fully saturated rings. The quantitative estimate of drug-likeness (QED) is 0.427. The number of non-ortho nitro benzene ring substituents is 1. The molecule has 8 heteroatoms. The van der Waals surface area contributed by atoms with Crippen LogP contribution >= 0.6 is 0 Å². The minimum Gasteiger partial charge on any atom is -0.370 e. The maximum absolute atomic E-state index is 11.2. The predicted molar refractivity (Wildman–Crippen MR) is 76.1 cm³/mol. The largest absolute Gasteiger partial charge is 0.370 e. The molecule has 1 rings (SSSR count). The number of hydrogen-bond acceptors (Lipinski definition) is 6. The van der Waals surface area contributed by atoms with Gasteiger partial charge in [0.1, 0.15) is 9.84 Å². The van der Waals surface area contributed by atoms with Crippen molar-refractivity contribution in [1.82, 2.24) is 0 Å². The number of sulfone groups is 1. The van der Waals surface area contributed by atoms with Crippen LogP contribution in [0.5, 0.6) is 0 Å². The summed E-state index contributed by atoms with van der Waals surface area (Å²) in [4.78, 5) is 22.9. The Labute approximate surface area is 117 Å². The molecule has 0 atom stereocenters. The van der Waals surface area contributed by atoms with Gasteiger partial charge in [0.05, 0.1) is 10.7 Å². The van der Waals surface area contributed by atoms with Crippen LogP contribution in [0, 0.1) is 10.1 Å². The Morgan fingerprint density at radius 1 is 1.40 bits per heavy atom. The average molecular weight is 300 g/mol. The first-order chi connectivity index (χ1) is 9.28. The molecule has 110 valence electrons. The molecular weight excluding hydrogens is 284 g/mol. The van der Waals surface area contributed by atoms with Crippen molar-refractivity contribution in [3.63, 3.8) is 0 Å². The highest BCUT2D eigenvalue weighted by molar-refractivity contribution is 7.90. The smallest absolute Gasteiger partial charge is 0.270 e. The fourth-order valence-corrected chi connectivity index (χ4v) is 2.31. The number of nitro benzene ring substituents is 1. The molecule has 20 heavy (non-hydrogen) atoms. The lowest BCUT2D eigenvalue weighted by atomic mass is 10.1. The molecule has 1 aromatic rings. The first-order valence-electron chi connectivity index (χ1n) is 5.94. The molecule has 0 aliphatic heterocycles. The number of anilines is 1. The summed E-state index contributed by atoms with van der Waals surface area (Å²) in [6.07, 6.45) is 1.67. The fourth-order valence-electron chi connectivity index (χ4n) is 1.76. The summed E-state index contributed by atoms with van der Waals surface area (Å²) in [6, 6.07) is 3.95. The van der Waals surface area contributed by atoms with Gasteiger partial charge in [-0.05, 0) is 13.0 Å². The topological polar surface area (TPSA) is 97.6 Å². The van der Waals surface area contributed by atoms with Crippen LogP contribution in [0.2, 0.25) is 0 Å². The third-order valence-corrected chi connectivity index (χ3v) is 3.73. The van der Waals surface area contributed by atoms with Crippen LogP contribution in [0.25, 0.3) is 0 Å². The summed E-state index contributed by atoms with van der Waals surface area (Å²) in [5.41, 5.74) is 0.501. The average Bonchev–Trinajstić information content (AvgIpc) is 2.38. The third kappa shape index (κ3) is 4.30. The number of carbonyl (C=O) groups is 1. The summed E-state index contributed by atoms with van der Waals surface area (Å²) in [7, 11) is -3.12. The van der Waals surface area contributed by atoms with Gasteiger partial charge in [-0.15, -0.1) is 0 Å². The maximum Gasteiger partial charge on any atom is 0.270 e. The lowest BCUT2D eigenvalue weighted by Gasteiger charge is -2.23. The van der Waals surface area contributed by atoms with Gasteiger partial charge in [0, 0.05) is 42.7 Å². The van der Waals surface area contributed by atoms with E-state index in [1.807, 2.05) is 6.92 Å². The highest BCUT2D eigenvalue weighted by Gasteiger charge is 2.15. The first-order valence-corrected chi connectivity index (χ1v) is 8.01. The summed E-state index contributed by atoms with van der Waals surface area (Å²) < 4.78 is 22.4. The van der Waals surface area contributed by atoms with Crippen molar-refractivity contribution < 1.29 is 18.1 Å². The maximum atomic E-state index is 11.2. The second-order valence-corrected chi connectivity index (χ2v) is 6.59. The lowest BCUT2D eigenvalue weighted by Crippen LogP contribution is -2.29. The highest BCUT2D eigenvalue weighted by Crippen LogP contribution is 2.24. The standard InChI is InChI=1S/C12H16N2O5S/c1-3-13(6-7-20(2,18)19)12-5-4-11(14(16)17)8-10(12)9-15/h4-5,8-9H,3,6-7H2,1-2H3. The van der Waals surface area contributed by atoms with Gasteiger partial charge >= 0.3 is 0 Å². The van der Waals surface area contributed by atoms with Crippen LogP contribution in [0.1, 0.15) is 17.3 Å². The number of nitrogens with zero attached hydrogens (tertiary/aromatic N) is 2. The van der Waals surface area contributed by atoms with Crippen molar-refractivity contribution in [2.45, 2.75) is 6.92 Å². The summed E-state index contributed by atoms with van der Waals surface area (Å²) in [6.45, 7) is 2.54. The minimum atomic E-state index is -3.12. The molecule has 0 N–H and O–H groups in total. The molecule has 0 amide bonds. The van der Waals surface area contributed by atoms with Crippen LogP contribution in [0.3, 0.4) is 0 Å². The van der Waals surface area contributed by atoms with Crippen LogP contribution in [0.4, 0.5) is 11.4 Å². The van der Waals surface area contributed by atoms with Crippen molar-refractivity contribution in [2.24, 2.45) is 0 Å². The summed E-state index contributed by atoms with van der Waals surface area (Å²) in [5, 5.41) is 10.7. The van der Waals surface area contributed by atoms with E-state index in [1.54, 1.807) is 4.90 Å². The number of carbonyl (C=O) groups excluding carboxylic acids is 1. The molecule has 0 aliphatic carbocycles. The minimum absolute atomic E-state index is 0.0455. The number of rotatable bonds is 7. The van der Waals surface area contributed by atoms with Crippen molar-refractivity contribution in [3.8, 4) is 0 Å². The van der Waals surface area contributed by atoms with Gasteiger partial charge in [0.15, 0.2) is 6.29 Å². The second kappa shape index (κ2) is 6.47. The van der Waals surface area contributed by atoms with Gasteiger partial charge in [-0.3, -0.25) is 14.9 Å². The molecular formula is C12H16N2O5S. The van der Waals surface area contributed by atoms with Gasteiger partial charge < -0.3 is 4.90 Å². The third-order valence-electron chi connectivity index (χ3n) is 2.80. The molecule has 0 saturated heterocycles. The Kier molecular flexibility index (Phi) is 5.20. The van der Waals surface area contributed by atoms with Gasteiger partial charge in [-0.25, -0.2) is 8.42 Å². The molecule has 0 unspecified atom stereocenters. The zero-order valence-corrected chi connectivity index (χ0v) is 12.1. The van der Waals surface area contributed by atoms with Crippen molar-refractivity contribution in [3.05, 3.63) is 33.9 Å². The Morgan fingerprint density at radius 2 is 2.05 bits per heavy atom. The van der Waals surface area contributed by atoms with Crippen molar-refractivity contribution in [2.75, 3.05) is 30.0 Å². The molecule has 0 aliphatic rings. The number of hydrogen-bond donors (Lipinski definition) is 0. The van der Waals surface area contributed by atoms with Crippen molar-refractivity contribution >= 4 is 27.5 Å². The van der Waals surface area contributed by atoms with E-state index in [1.165, 1.54) is 18.2 Å². The van der Waals surface area contributed by atoms with E-state index < -0.39 is 14.8 Å². The Hall–Kier alpha value is -1.96. The van der Waals surface area contributed by atoms with E-state index in [0.717, 1.165) is 6.26 Å². The monoisotopic (exact) mass is 300 g/mol. The number of benzene rings is 1. The van der Waals surface area contributed by atoms with Crippen LogP contribution in [-0.2, 0) is 9.84 Å². The molecule has 0 saturated carbocycles. The first kappa shape index (κ1) is 16.1. The SMILES string of the molecule is CCN(CCS(C)(=O)=O)c1ccc([N+](=O)[O-])cc1C=O. The predicted octanol–water partition coefficient (Wildman–Crippen LogP) is 1.28. The lowest BCUT2D eigenvalue weighted by molar-refractivity contribution is -0.384. The Bertz CT molecular complexity index is 612. The summed E-state index contributed by atoms with van der Waals surface area (Å²) in [5.74, 6) is -0.0455. The normalized spacial score (nSPS) is 11.1. The number of nitro groups is 1. The number of aldehydes is 1. The summed E-state index contributed by atoms with van der Waals surface area (Å²) >= 11 is 0. The van der Waals surface area contributed by atoms with Gasteiger partial charge in [-0.1, -0.05) is 0 Å². The van der Waals surface area contributed by atoms with E-state index in [2.05, 4.69) is 0 Å². The molecule has 0 radical (unpaired) electrons. The van der Waals surface area contributed by atoms with E-state index >= 15 is 0 Å². The second-order valence-electron chi connectivity index (χ2n) is 4.33. The van der Waals surface area contributed by atoms with Crippen molar-refractivity contribution in [1.29, 1.82) is 0 Å².